The minimum absolute atomic E-state index is 0. The molecule has 0 saturated heterocycles. The topological polar surface area (TPSA) is 88.0 Å². The predicted octanol–water partition coefficient (Wildman–Crippen LogP) is 4.14. The van der Waals surface area contributed by atoms with Crippen molar-refractivity contribution in [3.05, 3.63) is 59.1 Å². The van der Waals surface area contributed by atoms with Crippen molar-refractivity contribution in [1.82, 2.24) is 19.7 Å². The van der Waals surface area contributed by atoms with Crippen molar-refractivity contribution in [3.63, 3.8) is 0 Å². The molecule has 2 N–H and O–H groups in total. The van der Waals surface area contributed by atoms with E-state index in [4.69, 9.17) is 0 Å². The van der Waals surface area contributed by atoms with Gasteiger partial charge in [-0.05, 0) is 25.8 Å². The summed E-state index contributed by atoms with van der Waals surface area (Å²) in [5.74, 6) is 0.592. The van der Waals surface area contributed by atoms with Crippen LogP contribution in [0.5, 0.6) is 0 Å². The van der Waals surface area contributed by atoms with Crippen molar-refractivity contribution < 1.29 is 9.18 Å². The van der Waals surface area contributed by atoms with Gasteiger partial charge in [-0.15, -0.1) is 0 Å². The molecule has 1 aliphatic heterocycles. The molecule has 8 nitrogen and oxygen atoms in total. The maximum Gasteiger partial charge on any atom is 0.247 e. The number of anilines is 3. The van der Waals surface area contributed by atoms with Crippen LogP contribution in [-0.4, -0.2) is 38.7 Å². The quantitative estimate of drug-likeness (QED) is 0.583. The fraction of sp³-hybridized carbons (Fsp3) is 0.417. The molecule has 0 fully saturated rings. The Hall–Kier alpha value is -3.49. The molecular weight excluding hydrogens is 421 g/mol. The molecule has 0 unspecified atom stereocenters. The number of aryl methyl sites for hydroxylation is 2. The van der Waals surface area contributed by atoms with Crippen LogP contribution in [0.15, 0.2) is 30.7 Å². The Morgan fingerprint density at radius 1 is 1.27 bits per heavy atom. The second kappa shape index (κ2) is 9.56. The largest absolute Gasteiger partial charge is 0.366 e. The molecule has 4 rings (SSSR count). The number of hydrogen-bond donors (Lipinski definition) is 2. The summed E-state index contributed by atoms with van der Waals surface area (Å²) in [5.41, 5.74) is 4.34. The summed E-state index contributed by atoms with van der Waals surface area (Å²) in [6.07, 6.45) is 5.24. The molecule has 4 heterocycles. The van der Waals surface area contributed by atoms with E-state index in [1.165, 1.54) is 0 Å². The average molecular weight is 454 g/mol. The maximum absolute atomic E-state index is 14.2. The molecule has 0 aromatic carbocycles. The maximum atomic E-state index is 14.2. The Kier molecular flexibility index (Phi) is 7.00. The van der Waals surface area contributed by atoms with Crippen LogP contribution < -0.4 is 15.5 Å². The van der Waals surface area contributed by atoms with Gasteiger partial charge in [-0.25, -0.2) is 9.37 Å². The Morgan fingerprint density at radius 3 is 2.76 bits per heavy atom. The first-order chi connectivity index (χ1) is 15.2. The van der Waals surface area contributed by atoms with Crippen LogP contribution in [0.1, 0.15) is 43.8 Å². The van der Waals surface area contributed by atoms with E-state index in [1.807, 2.05) is 45.0 Å². The molecule has 1 atom stereocenters. The van der Waals surface area contributed by atoms with E-state index in [0.717, 1.165) is 28.5 Å². The highest BCUT2D eigenvalue weighted by atomic mass is 19.1. The third-order valence-corrected chi connectivity index (χ3v) is 5.76. The van der Waals surface area contributed by atoms with Gasteiger partial charge in [0.2, 0.25) is 5.91 Å². The summed E-state index contributed by atoms with van der Waals surface area (Å²) in [5, 5.41) is 10.7. The highest BCUT2D eigenvalue weighted by molar-refractivity contribution is 6.04. The number of hydrogen-bond acceptors (Lipinski definition) is 6. The van der Waals surface area contributed by atoms with Crippen LogP contribution >= 0.6 is 0 Å². The summed E-state index contributed by atoms with van der Waals surface area (Å²) in [6, 6.07) is 3.39. The first-order valence-corrected chi connectivity index (χ1v) is 10.6. The van der Waals surface area contributed by atoms with Gasteiger partial charge in [-0.1, -0.05) is 21.3 Å². The smallest absolute Gasteiger partial charge is 0.247 e. The molecular formula is C24H32FN7O. The lowest BCUT2D eigenvalue weighted by Gasteiger charge is -2.38. The van der Waals surface area contributed by atoms with E-state index in [9.17, 15) is 9.18 Å². The van der Waals surface area contributed by atoms with E-state index in [0.29, 0.717) is 24.3 Å². The number of nitrogens with one attached hydrogen (secondary N) is 2. The first kappa shape index (κ1) is 24.2. The van der Waals surface area contributed by atoms with Crippen LogP contribution in [0.2, 0.25) is 0 Å². The molecule has 3 aromatic heterocycles. The number of fused-ring (bicyclic) bond motifs is 1. The van der Waals surface area contributed by atoms with Crippen LogP contribution in [0.4, 0.5) is 21.6 Å². The van der Waals surface area contributed by atoms with Crippen molar-refractivity contribution in [2.75, 3.05) is 22.6 Å². The Morgan fingerprint density at radius 2 is 2.03 bits per heavy atom. The van der Waals surface area contributed by atoms with Crippen molar-refractivity contribution in [2.45, 2.75) is 54.3 Å². The molecule has 0 radical (unpaired) electrons. The number of aromatic nitrogens is 4. The average Bonchev–Trinajstić information content (AvgIpc) is 3.18. The van der Waals surface area contributed by atoms with Gasteiger partial charge in [-0.3, -0.25) is 14.5 Å². The van der Waals surface area contributed by atoms with E-state index in [2.05, 4.69) is 25.7 Å². The van der Waals surface area contributed by atoms with Gasteiger partial charge >= 0.3 is 0 Å². The van der Waals surface area contributed by atoms with Crippen LogP contribution in [0.25, 0.3) is 0 Å². The fourth-order valence-electron chi connectivity index (χ4n) is 4.13. The lowest BCUT2D eigenvalue weighted by atomic mass is 9.98. The molecule has 0 bridgehead atoms. The van der Waals surface area contributed by atoms with Crippen molar-refractivity contribution in [3.8, 4) is 0 Å². The SMILES string of the molecule is C.Cc1nccc(Cn2cc(CNc3cc4c(c(C)n3)NC(=O)[C@H](C(C)C)N4C)cn2)c1F. The fourth-order valence-corrected chi connectivity index (χ4v) is 4.13. The highest BCUT2D eigenvalue weighted by Crippen LogP contribution is 2.36. The molecule has 176 valence electrons. The predicted molar refractivity (Wildman–Crippen MR) is 129 cm³/mol. The molecule has 0 saturated carbocycles. The number of amides is 1. The normalized spacial score (nSPS) is 15.2. The van der Waals surface area contributed by atoms with Gasteiger partial charge in [-0.2, -0.15) is 5.10 Å². The number of carbonyl (C=O) groups is 1. The van der Waals surface area contributed by atoms with Crippen molar-refractivity contribution in [2.24, 2.45) is 5.92 Å². The molecule has 0 aliphatic carbocycles. The van der Waals surface area contributed by atoms with E-state index < -0.39 is 0 Å². The number of halogens is 1. The summed E-state index contributed by atoms with van der Waals surface area (Å²) in [7, 11) is 1.94. The molecule has 3 aromatic rings. The molecule has 0 spiro atoms. The monoisotopic (exact) mass is 453 g/mol. The third-order valence-electron chi connectivity index (χ3n) is 5.76. The lowest BCUT2D eigenvalue weighted by Crippen LogP contribution is -2.49. The highest BCUT2D eigenvalue weighted by Gasteiger charge is 2.34. The summed E-state index contributed by atoms with van der Waals surface area (Å²) < 4.78 is 15.9. The summed E-state index contributed by atoms with van der Waals surface area (Å²) in [6.45, 7) is 8.47. The van der Waals surface area contributed by atoms with Gasteiger partial charge in [0.15, 0.2) is 0 Å². The number of pyridine rings is 2. The lowest BCUT2D eigenvalue weighted by molar-refractivity contribution is -0.118. The molecule has 1 aliphatic rings. The Bertz CT molecular complexity index is 1160. The second-order valence-corrected chi connectivity index (χ2v) is 8.55. The number of rotatable bonds is 6. The van der Waals surface area contributed by atoms with Crippen LogP contribution in [-0.2, 0) is 17.9 Å². The van der Waals surface area contributed by atoms with E-state index >= 15 is 0 Å². The van der Waals surface area contributed by atoms with Gasteiger partial charge in [0.1, 0.15) is 17.7 Å². The standard InChI is InChI=1S/C23H28FN7O.CH4/c1-13(2)22-23(32)29-21-15(4)28-19(8-18(21)30(22)5)26-9-16-10-27-31(11-16)12-17-6-7-25-14(3)20(17)24;/h6-8,10-11,13,22H,9,12H2,1-5H3,(H,26,28)(H,29,32);1H4/t22-;/m0./s1. The molecule has 33 heavy (non-hydrogen) atoms. The van der Waals surface area contributed by atoms with Crippen LogP contribution in [0, 0.1) is 25.6 Å². The first-order valence-electron chi connectivity index (χ1n) is 10.6. The zero-order valence-corrected chi connectivity index (χ0v) is 19.0. The number of carbonyl (C=O) groups excluding carboxylic acids is 1. The molecule has 1 amide bonds. The number of nitrogens with zero attached hydrogens (tertiary/aromatic N) is 5. The summed E-state index contributed by atoms with van der Waals surface area (Å²) in [4.78, 5) is 23.1. The van der Waals surface area contributed by atoms with Gasteiger partial charge in [0, 0.05) is 43.2 Å². The summed E-state index contributed by atoms with van der Waals surface area (Å²) >= 11 is 0. The minimum Gasteiger partial charge on any atom is -0.366 e. The van der Waals surface area contributed by atoms with Gasteiger partial charge in [0.05, 0.1) is 35.5 Å². The van der Waals surface area contributed by atoms with Gasteiger partial charge < -0.3 is 15.5 Å². The van der Waals surface area contributed by atoms with Crippen LogP contribution in [0.3, 0.4) is 0 Å². The number of likely N-dealkylation sites (N-methyl/N-ethyl adjacent to an activating group) is 1. The third kappa shape index (κ3) is 4.81. The van der Waals surface area contributed by atoms with Gasteiger partial charge in [0.25, 0.3) is 0 Å². The second-order valence-electron chi connectivity index (χ2n) is 8.55. The van der Waals surface area contributed by atoms with Crippen molar-refractivity contribution >= 4 is 23.1 Å². The Labute approximate surface area is 194 Å². The zero-order chi connectivity index (χ0) is 23.0. The Balaban J connectivity index is 0.00000306. The zero-order valence-electron chi connectivity index (χ0n) is 19.0. The molecule has 9 heteroatoms. The van der Waals surface area contributed by atoms with E-state index in [-0.39, 0.29) is 31.1 Å². The van der Waals surface area contributed by atoms with E-state index in [1.54, 1.807) is 30.1 Å². The van der Waals surface area contributed by atoms with Crippen molar-refractivity contribution in [1.29, 1.82) is 0 Å². The minimum atomic E-state index is -0.299.